The standard InChI is InChI=1S/C15H21BN2O3/c1-10-8-17-18-9-11(7-12(19-6)13(10)18)16-20-14(2,3)15(4,5)21-16/h7-9H,1-6H3. The van der Waals surface area contributed by atoms with Crippen LogP contribution in [0, 0.1) is 6.92 Å². The summed E-state index contributed by atoms with van der Waals surface area (Å²) in [4.78, 5) is 0. The van der Waals surface area contributed by atoms with Gasteiger partial charge in [-0.1, -0.05) is 0 Å². The maximum atomic E-state index is 6.09. The highest BCUT2D eigenvalue weighted by atomic mass is 16.7. The zero-order valence-electron chi connectivity index (χ0n) is 13.4. The number of rotatable bonds is 2. The summed E-state index contributed by atoms with van der Waals surface area (Å²) < 4.78 is 19.5. The van der Waals surface area contributed by atoms with E-state index in [0.29, 0.717) is 0 Å². The lowest BCUT2D eigenvalue weighted by atomic mass is 9.80. The summed E-state index contributed by atoms with van der Waals surface area (Å²) in [5.74, 6) is 0.775. The first-order valence-electron chi connectivity index (χ1n) is 7.13. The smallest absolute Gasteiger partial charge is 0.495 e. The molecule has 0 atom stereocenters. The van der Waals surface area contributed by atoms with Crippen LogP contribution in [0.2, 0.25) is 0 Å². The second kappa shape index (κ2) is 4.48. The Morgan fingerprint density at radius 2 is 1.81 bits per heavy atom. The maximum absolute atomic E-state index is 6.09. The van der Waals surface area contributed by atoms with Crippen molar-refractivity contribution in [2.24, 2.45) is 0 Å². The van der Waals surface area contributed by atoms with Crippen LogP contribution in [0.4, 0.5) is 0 Å². The van der Waals surface area contributed by atoms with Crippen molar-refractivity contribution in [3.8, 4) is 5.75 Å². The van der Waals surface area contributed by atoms with Crippen molar-refractivity contribution in [2.75, 3.05) is 7.11 Å². The van der Waals surface area contributed by atoms with Crippen LogP contribution in [0.25, 0.3) is 5.52 Å². The number of aromatic nitrogens is 2. The molecule has 3 rings (SSSR count). The third kappa shape index (κ3) is 2.13. The van der Waals surface area contributed by atoms with Gasteiger partial charge in [-0.2, -0.15) is 5.10 Å². The molecule has 0 spiro atoms. The first kappa shape index (κ1) is 14.4. The summed E-state index contributed by atoms with van der Waals surface area (Å²) in [6.07, 6.45) is 3.76. The monoisotopic (exact) mass is 288 g/mol. The average Bonchev–Trinajstić information content (AvgIpc) is 2.87. The molecule has 0 saturated carbocycles. The lowest BCUT2D eigenvalue weighted by Gasteiger charge is -2.32. The van der Waals surface area contributed by atoms with Crippen molar-refractivity contribution in [3.05, 3.63) is 24.0 Å². The molecule has 112 valence electrons. The van der Waals surface area contributed by atoms with E-state index in [-0.39, 0.29) is 11.2 Å². The summed E-state index contributed by atoms with van der Waals surface area (Å²) in [5.41, 5.74) is 2.23. The fraction of sp³-hybridized carbons (Fsp3) is 0.533. The number of hydrogen-bond donors (Lipinski definition) is 0. The minimum Gasteiger partial charge on any atom is -0.495 e. The van der Waals surface area contributed by atoms with E-state index >= 15 is 0 Å². The molecular formula is C15H21BN2O3. The maximum Gasteiger partial charge on any atom is 0.496 e. The van der Waals surface area contributed by atoms with Gasteiger partial charge in [-0.25, -0.2) is 4.52 Å². The van der Waals surface area contributed by atoms with Crippen LogP contribution in [0.3, 0.4) is 0 Å². The molecule has 21 heavy (non-hydrogen) atoms. The molecule has 0 aliphatic carbocycles. The van der Waals surface area contributed by atoms with Crippen LogP contribution in [-0.2, 0) is 9.31 Å². The minimum atomic E-state index is -0.419. The van der Waals surface area contributed by atoms with Crippen LogP contribution in [0.1, 0.15) is 33.3 Å². The van der Waals surface area contributed by atoms with Gasteiger partial charge in [0.15, 0.2) is 0 Å². The number of pyridine rings is 1. The van der Waals surface area contributed by atoms with Crippen LogP contribution >= 0.6 is 0 Å². The molecule has 1 saturated heterocycles. The van der Waals surface area contributed by atoms with E-state index in [4.69, 9.17) is 14.0 Å². The van der Waals surface area contributed by atoms with E-state index in [0.717, 1.165) is 22.3 Å². The molecule has 0 bridgehead atoms. The van der Waals surface area contributed by atoms with Gasteiger partial charge in [-0.05, 0) is 46.2 Å². The molecule has 0 radical (unpaired) electrons. The van der Waals surface area contributed by atoms with Crippen LogP contribution in [-0.4, -0.2) is 35.0 Å². The summed E-state index contributed by atoms with van der Waals surface area (Å²) in [6, 6.07) is 1.96. The van der Waals surface area contributed by atoms with Gasteiger partial charge in [-0.15, -0.1) is 0 Å². The Kier molecular flexibility index (Phi) is 3.08. The van der Waals surface area contributed by atoms with Crippen molar-refractivity contribution in [3.63, 3.8) is 0 Å². The zero-order valence-corrected chi connectivity index (χ0v) is 13.4. The second-order valence-corrected chi connectivity index (χ2v) is 6.55. The molecule has 5 nitrogen and oxygen atoms in total. The van der Waals surface area contributed by atoms with Crippen molar-refractivity contribution < 1.29 is 14.0 Å². The topological polar surface area (TPSA) is 45.0 Å². The van der Waals surface area contributed by atoms with E-state index < -0.39 is 7.12 Å². The minimum absolute atomic E-state index is 0.361. The third-order valence-corrected chi connectivity index (χ3v) is 4.53. The van der Waals surface area contributed by atoms with E-state index in [2.05, 4.69) is 5.10 Å². The van der Waals surface area contributed by atoms with Crippen LogP contribution in [0.15, 0.2) is 18.5 Å². The molecule has 1 aliphatic rings. The van der Waals surface area contributed by atoms with Gasteiger partial charge < -0.3 is 14.0 Å². The van der Waals surface area contributed by atoms with Gasteiger partial charge in [0.25, 0.3) is 0 Å². The molecule has 0 N–H and O–H groups in total. The van der Waals surface area contributed by atoms with E-state index in [1.54, 1.807) is 7.11 Å². The molecule has 0 unspecified atom stereocenters. The average molecular weight is 288 g/mol. The summed E-state index contributed by atoms with van der Waals surface area (Å²) in [6.45, 7) is 10.2. The molecule has 1 aliphatic heterocycles. The first-order chi connectivity index (χ1) is 9.75. The molecule has 3 heterocycles. The van der Waals surface area contributed by atoms with Crippen molar-refractivity contribution in [2.45, 2.75) is 45.8 Å². The lowest BCUT2D eigenvalue weighted by molar-refractivity contribution is 0.00578. The van der Waals surface area contributed by atoms with Gasteiger partial charge in [-0.3, -0.25) is 0 Å². The van der Waals surface area contributed by atoms with Gasteiger partial charge in [0, 0.05) is 11.7 Å². The first-order valence-corrected chi connectivity index (χ1v) is 7.13. The van der Waals surface area contributed by atoms with Crippen LogP contribution in [0.5, 0.6) is 5.75 Å². The van der Waals surface area contributed by atoms with Gasteiger partial charge in [0.2, 0.25) is 0 Å². The number of aryl methyl sites for hydroxylation is 1. The predicted octanol–water partition coefficient (Wildman–Crippen LogP) is 1.95. The fourth-order valence-corrected chi connectivity index (χ4v) is 2.52. The quantitative estimate of drug-likeness (QED) is 0.792. The molecule has 0 amide bonds. The van der Waals surface area contributed by atoms with E-state index in [1.165, 1.54) is 0 Å². The Bertz CT molecular complexity index is 678. The van der Waals surface area contributed by atoms with E-state index in [1.807, 2.05) is 57.6 Å². The van der Waals surface area contributed by atoms with Crippen LogP contribution < -0.4 is 10.2 Å². The number of ether oxygens (including phenoxy) is 1. The Morgan fingerprint density at radius 3 is 2.38 bits per heavy atom. The van der Waals surface area contributed by atoms with E-state index in [9.17, 15) is 0 Å². The predicted molar refractivity (Wildman–Crippen MR) is 82.2 cm³/mol. The van der Waals surface area contributed by atoms with Gasteiger partial charge in [0.05, 0.1) is 24.5 Å². The third-order valence-electron chi connectivity index (χ3n) is 4.53. The summed E-state index contributed by atoms with van der Waals surface area (Å²) in [5, 5.41) is 4.36. The molecule has 6 heteroatoms. The highest BCUT2D eigenvalue weighted by Gasteiger charge is 2.52. The number of methoxy groups -OCH3 is 1. The summed E-state index contributed by atoms with van der Waals surface area (Å²) >= 11 is 0. The van der Waals surface area contributed by atoms with Crippen molar-refractivity contribution in [1.82, 2.24) is 9.61 Å². The molecule has 0 aromatic carbocycles. The second-order valence-electron chi connectivity index (χ2n) is 6.55. The van der Waals surface area contributed by atoms with Crippen molar-refractivity contribution in [1.29, 1.82) is 0 Å². The zero-order chi connectivity index (χ0) is 15.4. The van der Waals surface area contributed by atoms with Gasteiger partial charge in [0.1, 0.15) is 11.3 Å². The number of fused-ring (bicyclic) bond motifs is 1. The largest absolute Gasteiger partial charge is 0.496 e. The molecular weight excluding hydrogens is 267 g/mol. The number of hydrogen-bond acceptors (Lipinski definition) is 4. The Balaban J connectivity index is 2.06. The molecule has 1 fully saturated rings. The number of nitrogens with zero attached hydrogens (tertiary/aromatic N) is 2. The Labute approximate surface area is 125 Å². The molecule has 2 aromatic heterocycles. The lowest BCUT2D eigenvalue weighted by Crippen LogP contribution is -2.41. The fourth-order valence-electron chi connectivity index (χ4n) is 2.52. The highest BCUT2D eigenvalue weighted by molar-refractivity contribution is 6.62. The Morgan fingerprint density at radius 1 is 1.19 bits per heavy atom. The molecule has 2 aromatic rings. The SMILES string of the molecule is COc1cc(B2OC(C)(C)C(C)(C)O2)cn2ncc(C)c12. The highest BCUT2D eigenvalue weighted by Crippen LogP contribution is 2.36. The van der Waals surface area contributed by atoms with Crippen molar-refractivity contribution >= 4 is 18.1 Å². The van der Waals surface area contributed by atoms with Gasteiger partial charge >= 0.3 is 7.12 Å². The normalized spacial score (nSPS) is 20.2. The summed E-state index contributed by atoms with van der Waals surface area (Å²) in [7, 11) is 1.24. The Hall–Kier alpha value is -1.53.